The molecule has 0 aliphatic carbocycles. The fourth-order valence-corrected chi connectivity index (χ4v) is 2.84. The molecule has 2 aromatic carbocycles. The van der Waals surface area contributed by atoms with Crippen LogP contribution >= 0.6 is 11.6 Å². The lowest BCUT2D eigenvalue weighted by atomic mass is 10.2. The number of benzene rings is 2. The molecule has 2 amide bonds. The minimum Gasteiger partial charge on any atom is -0.497 e. The topological polar surface area (TPSA) is 67.9 Å². The lowest BCUT2D eigenvalue weighted by Crippen LogP contribution is -2.34. The molecule has 1 fully saturated rings. The summed E-state index contributed by atoms with van der Waals surface area (Å²) < 4.78 is 10.5. The minimum absolute atomic E-state index is 0.0661. The molecule has 25 heavy (non-hydrogen) atoms. The molecular weight excluding hydrogens is 344 g/mol. The lowest BCUT2D eigenvalue weighted by Gasteiger charge is -2.17. The Hall–Kier alpha value is -2.73. The third kappa shape index (κ3) is 3.39. The SMILES string of the molecule is COc1ccc(N[C@@H]2CC(=O)N(c3ccc(Cl)cc3)C2=O)c(OC)c1. The number of carbonyl (C=O) groups is 2. The van der Waals surface area contributed by atoms with Crippen LogP contribution in [0.15, 0.2) is 42.5 Å². The molecule has 1 saturated heterocycles. The number of imide groups is 1. The van der Waals surface area contributed by atoms with Crippen LogP contribution in [-0.2, 0) is 9.59 Å². The van der Waals surface area contributed by atoms with Gasteiger partial charge in [0, 0.05) is 11.1 Å². The fraction of sp³-hybridized carbons (Fsp3) is 0.222. The van der Waals surface area contributed by atoms with Gasteiger partial charge in [-0.05, 0) is 36.4 Å². The molecule has 1 aliphatic rings. The maximum Gasteiger partial charge on any atom is 0.256 e. The Bertz CT molecular complexity index is 807. The van der Waals surface area contributed by atoms with Crippen LogP contribution in [0, 0.1) is 0 Å². The highest BCUT2D eigenvalue weighted by Gasteiger charge is 2.39. The number of carbonyl (C=O) groups excluding carboxylic acids is 2. The van der Waals surface area contributed by atoms with Crippen LogP contribution < -0.4 is 19.7 Å². The molecule has 1 heterocycles. The van der Waals surface area contributed by atoms with Gasteiger partial charge in [0.05, 0.1) is 32.0 Å². The lowest BCUT2D eigenvalue weighted by molar-refractivity contribution is -0.121. The molecular formula is C18H17ClN2O4. The molecule has 1 aliphatic heterocycles. The normalized spacial score (nSPS) is 16.9. The van der Waals surface area contributed by atoms with E-state index in [1.807, 2.05) is 0 Å². The number of hydrogen-bond donors (Lipinski definition) is 1. The summed E-state index contributed by atoms with van der Waals surface area (Å²) in [5.74, 6) is 0.589. The van der Waals surface area contributed by atoms with Crippen molar-refractivity contribution in [1.82, 2.24) is 0 Å². The minimum atomic E-state index is -0.662. The molecule has 2 aromatic rings. The van der Waals surface area contributed by atoms with Crippen molar-refractivity contribution in [3.8, 4) is 11.5 Å². The van der Waals surface area contributed by atoms with Crippen LogP contribution in [0.25, 0.3) is 0 Å². The van der Waals surface area contributed by atoms with Crippen LogP contribution in [-0.4, -0.2) is 32.1 Å². The zero-order valence-corrected chi connectivity index (χ0v) is 14.5. The Balaban J connectivity index is 1.82. The number of nitrogens with one attached hydrogen (secondary N) is 1. The van der Waals surface area contributed by atoms with Crippen molar-refractivity contribution in [3.63, 3.8) is 0 Å². The predicted octanol–water partition coefficient (Wildman–Crippen LogP) is 3.10. The standard InChI is InChI=1S/C18H17ClN2O4/c1-24-13-7-8-14(16(9-13)25-2)20-15-10-17(22)21(18(15)23)12-5-3-11(19)4-6-12/h3-9,15,20H,10H2,1-2H3/t15-/m1/s1. The quantitative estimate of drug-likeness (QED) is 0.830. The van der Waals surface area contributed by atoms with Crippen molar-refractivity contribution in [1.29, 1.82) is 0 Å². The number of hydrogen-bond acceptors (Lipinski definition) is 5. The van der Waals surface area contributed by atoms with Crippen LogP contribution in [0.4, 0.5) is 11.4 Å². The van der Waals surface area contributed by atoms with E-state index in [2.05, 4.69) is 5.32 Å². The number of amides is 2. The highest BCUT2D eigenvalue weighted by molar-refractivity contribution is 6.30. The Kier molecular flexibility index (Phi) is 4.81. The van der Waals surface area contributed by atoms with E-state index in [0.717, 1.165) is 0 Å². The maximum absolute atomic E-state index is 12.7. The highest BCUT2D eigenvalue weighted by atomic mass is 35.5. The second kappa shape index (κ2) is 7.03. The van der Waals surface area contributed by atoms with Crippen molar-refractivity contribution in [2.24, 2.45) is 0 Å². The number of ether oxygens (including phenoxy) is 2. The molecule has 1 atom stereocenters. The number of halogens is 1. The van der Waals surface area contributed by atoms with E-state index >= 15 is 0 Å². The Morgan fingerprint density at radius 2 is 1.80 bits per heavy atom. The summed E-state index contributed by atoms with van der Waals surface area (Å²) >= 11 is 5.86. The van der Waals surface area contributed by atoms with Crippen molar-refractivity contribution >= 4 is 34.8 Å². The van der Waals surface area contributed by atoms with Crippen LogP contribution in [0.5, 0.6) is 11.5 Å². The first-order valence-corrected chi connectivity index (χ1v) is 8.02. The molecule has 130 valence electrons. The summed E-state index contributed by atoms with van der Waals surface area (Å²) in [5, 5.41) is 3.63. The van der Waals surface area contributed by atoms with Gasteiger partial charge in [0.1, 0.15) is 17.5 Å². The first kappa shape index (κ1) is 17.1. The third-order valence-electron chi connectivity index (χ3n) is 3.97. The van der Waals surface area contributed by atoms with E-state index in [-0.39, 0.29) is 18.2 Å². The van der Waals surface area contributed by atoms with E-state index in [4.69, 9.17) is 21.1 Å². The Morgan fingerprint density at radius 3 is 2.44 bits per heavy atom. The largest absolute Gasteiger partial charge is 0.497 e. The first-order chi connectivity index (χ1) is 12.0. The fourth-order valence-electron chi connectivity index (χ4n) is 2.71. The number of anilines is 2. The molecule has 0 radical (unpaired) electrons. The Morgan fingerprint density at radius 1 is 1.08 bits per heavy atom. The van der Waals surface area contributed by atoms with Gasteiger partial charge in [0.2, 0.25) is 5.91 Å². The van der Waals surface area contributed by atoms with Gasteiger partial charge >= 0.3 is 0 Å². The smallest absolute Gasteiger partial charge is 0.256 e. The number of rotatable bonds is 5. The molecule has 0 unspecified atom stereocenters. The zero-order valence-electron chi connectivity index (χ0n) is 13.8. The van der Waals surface area contributed by atoms with Crippen molar-refractivity contribution in [2.75, 3.05) is 24.4 Å². The van der Waals surface area contributed by atoms with Crippen LogP contribution in [0.1, 0.15) is 6.42 Å². The summed E-state index contributed by atoms with van der Waals surface area (Å²) in [6.45, 7) is 0. The predicted molar refractivity (Wildman–Crippen MR) is 95.5 cm³/mol. The van der Waals surface area contributed by atoms with E-state index < -0.39 is 6.04 Å². The van der Waals surface area contributed by atoms with Gasteiger partial charge in [-0.3, -0.25) is 9.59 Å². The molecule has 0 saturated carbocycles. The van der Waals surface area contributed by atoms with Gasteiger partial charge in [-0.25, -0.2) is 4.90 Å². The summed E-state index contributed by atoms with van der Waals surface area (Å²) in [6.07, 6.45) is 0.0661. The number of nitrogens with zero attached hydrogens (tertiary/aromatic N) is 1. The second-order valence-corrected chi connectivity index (χ2v) is 5.95. The summed E-state index contributed by atoms with van der Waals surface area (Å²) in [4.78, 5) is 26.1. The molecule has 0 spiro atoms. The number of methoxy groups -OCH3 is 2. The second-order valence-electron chi connectivity index (χ2n) is 5.51. The summed E-state index contributed by atoms with van der Waals surface area (Å²) in [7, 11) is 3.09. The van der Waals surface area contributed by atoms with Gasteiger partial charge in [0.15, 0.2) is 0 Å². The summed E-state index contributed by atoms with van der Waals surface area (Å²) in [5.41, 5.74) is 1.12. The first-order valence-electron chi connectivity index (χ1n) is 7.64. The van der Waals surface area contributed by atoms with E-state index in [0.29, 0.717) is 27.9 Å². The summed E-state index contributed by atoms with van der Waals surface area (Å²) in [6, 6.07) is 11.1. The zero-order chi connectivity index (χ0) is 18.0. The van der Waals surface area contributed by atoms with Gasteiger partial charge < -0.3 is 14.8 Å². The van der Waals surface area contributed by atoms with Crippen molar-refractivity contribution < 1.29 is 19.1 Å². The van der Waals surface area contributed by atoms with Crippen LogP contribution in [0.2, 0.25) is 5.02 Å². The van der Waals surface area contributed by atoms with E-state index in [9.17, 15) is 9.59 Å². The monoisotopic (exact) mass is 360 g/mol. The molecule has 1 N–H and O–H groups in total. The van der Waals surface area contributed by atoms with Crippen molar-refractivity contribution in [3.05, 3.63) is 47.5 Å². The van der Waals surface area contributed by atoms with Crippen molar-refractivity contribution in [2.45, 2.75) is 12.5 Å². The van der Waals surface area contributed by atoms with Gasteiger partial charge in [0.25, 0.3) is 5.91 Å². The van der Waals surface area contributed by atoms with E-state index in [1.165, 1.54) is 12.0 Å². The molecule has 3 rings (SSSR count). The maximum atomic E-state index is 12.7. The average molecular weight is 361 g/mol. The van der Waals surface area contributed by atoms with E-state index in [1.54, 1.807) is 49.6 Å². The third-order valence-corrected chi connectivity index (χ3v) is 4.22. The molecule has 0 aromatic heterocycles. The highest BCUT2D eigenvalue weighted by Crippen LogP contribution is 2.32. The van der Waals surface area contributed by atoms with Gasteiger partial charge in [-0.2, -0.15) is 0 Å². The van der Waals surface area contributed by atoms with Crippen LogP contribution in [0.3, 0.4) is 0 Å². The van der Waals surface area contributed by atoms with Gasteiger partial charge in [-0.15, -0.1) is 0 Å². The average Bonchev–Trinajstić information content (AvgIpc) is 2.90. The van der Waals surface area contributed by atoms with Gasteiger partial charge in [-0.1, -0.05) is 11.6 Å². The molecule has 0 bridgehead atoms. The molecule has 6 nitrogen and oxygen atoms in total. The Labute approximate surface area is 150 Å². The molecule has 7 heteroatoms.